The second-order valence-electron chi connectivity index (χ2n) is 11.7. The lowest BCUT2D eigenvalue weighted by Crippen LogP contribution is -2.53. The third-order valence-electron chi connectivity index (χ3n) is 7.58. The molecule has 1 unspecified atom stereocenters. The second kappa shape index (κ2) is 9.68. The average molecular weight is 471 g/mol. The van der Waals surface area contributed by atoms with Crippen LogP contribution in [0.5, 0.6) is 0 Å². The first-order chi connectivity index (χ1) is 16.0. The number of hydroxylamine groups is 1. The van der Waals surface area contributed by atoms with Crippen LogP contribution in [0.3, 0.4) is 0 Å². The maximum absolute atomic E-state index is 13.3. The summed E-state index contributed by atoms with van der Waals surface area (Å²) in [7, 11) is 1.57. The van der Waals surface area contributed by atoms with Crippen LogP contribution in [0.25, 0.3) is 0 Å². The van der Waals surface area contributed by atoms with E-state index in [0.29, 0.717) is 24.2 Å². The average Bonchev–Trinajstić information content (AvgIpc) is 2.74. The van der Waals surface area contributed by atoms with Gasteiger partial charge in [-0.25, -0.2) is 4.79 Å². The highest BCUT2D eigenvalue weighted by molar-refractivity contribution is 5.89. The molecule has 4 aliphatic rings. The first-order valence-electron chi connectivity index (χ1n) is 12.5. The highest BCUT2D eigenvalue weighted by Crippen LogP contribution is 2.60. The third-order valence-corrected chi connectivity index (χ3v) is 7.58. The van der Waals surface area contributed by atoms with Crippen molar-refractivity contribution in [3.8, 4) is 0 Å². The van der Waals surface area contributed by atoms with Gasteiger partial charge >= 0.3 is 12.1 Å². The van der Waals surface area contributed by atoms with Crippen molar-refractivity contribution in [3.63, 3.8) is 0 Å². The summed E-state index contributed by atoms with van der Waals surface area (Å²) in [5, 5.41) is 0. The van der Waals surface area contributed by atoms with Crippen molar-refractivity contribution < 1.29 is 24.0 Å². The molecule has 7 heteroatoms. The Kier molecular flexibility index (Phi) is 7.04. The van der Waals surface area contributed by atoms with Crippen LogP contribution < -0.4 is 5.48 Å². The number of amides is 1. The Bertz CT molecular complexity index is 872. The number of benzene rings is 1. The van der Waals surface area contributed by atoms with Crippen LogP contribution >= 0.6 is 0 Å². The number of hydrogen-bond donors (Lipinski definition) is 1. The van der Waals surface area contributed by atoms with Crippen molar-refractivity contribution in [1.29, 1.82) is 0 Å². The summed E-state index contributed by atoms with van der Waals surface area (Å²) in [4.78, 5) is 45.3. The van der Waals surface area contributed by atoms with Crippen molar-refractivity contribution in [1.82, 2.24) is 10.4 Å². The molecule has 1 aromatic carbocycles. The Labute approximate surface area is 202 Å². The summed E-state index contributed by atoms with van der Waals surface area (Å²) in [6, 6.07) is 8.61. The first-order valence-corrected chi connectivity index (χ1v) is 12.5. The Morgan fingerprint density at radius 3 is 2.12 bits per heavy atom. The zero-order valence-corrected chi connectivity index (χ0v) is 20.8. The lowest BCUT2D eigenvalue weighted by atomic mass is 9.48. The first kappa shape index (κ1) is 24.7. The van der Waals surface area contributed by atoms with E-state index in [1.54, 1.807) is 27.8 Å². The van der Waals surface area contributed by atoms with Crippen molar-refractivity contribution >= 4 is 17.8 Å². The van der Waals surface area contributed by atoms with Gasteiger partial charge in [-0.05, 0) is 82.6 Å². The molecule has 1 N–H and O–H groups in total. The molecular weight excluding hydrogens is 432 g/mol. The Morgan fingerprint density at radius 1 is 1.03 bits per heavy atom. The number of carbonyl (C=O) groups excluding carboxylic acids is 3. The number of ether oxygens (including phenoxy) is 1. The minimum atomic E-state index is -0.863. The summed E-state index contributed by atoms with van der Waals surface area (Å²) in [6.45, 7) is 5.41. The summed E-state index contributed by atoms with van der Waals surface area (Å²) in [5.41, 5.74) is 2.58. The van der Waals surface area contributed by atoms with Crippen LogP contribution in [-0.4, -0.2) is 48.0 Å². The van der Waals surface area contributed by atoms with E-state index in [-0.39, 0.29) is 17.7 Å². The normalized spacial score (nSPS) is 28.3. The quantitative estimate of drug-likeness (QED) is 0.450. The van der Waals surface area contributed by atoms with E-state index < -0.39 is 23.7 Å². The maximum atomic E-state index is 13.3. The smallest absolute Gasteiger partial charge is 0.428 e. The molecule has 4 fully saturated rings. The van der Waals surface area contributed by atoms with Gasteiger partial charge in [-0.3, -0.25) is 9.59 Å². The fourth-order valence-electron chi connectivity index (χ4n) is 6.50. The minimum Gasteiger partial charge on any atom is -0.459 e. The van der Waals surface area contributed by atoms with Crippen molar-refractivity contribution in [2.45, 2.75) is 77.4 Å². The number of likely N-dealkylation sites (N-methyl/N-ethyl adjacent to an activating group) is 1. The van der Waals surface area contributed by atoms with Gasteiger partial charge in [0.25, 0.3) is 0 Å². The van der Waals surface area contributed by atoms with E-state index >= 15 is 0 Å². The maximum Gasteiger partial charge on any atom is 0.428 e. The van der Waals surface area contributed by atoms with Crippen LogP contribution in [0.4, 0.5) is 4.79 Å². The standard InChI is InChI=1S/C27H38N2O5/c1-26(2,3)33-24(31)22(13-18-8-6-5-7-9-18)28-34-25(32)29(4)17-23(30)27-14-19-10-20(15-27)12-21(11-19)16-27/h5-9,19-22,28H,10-17H2,1-4H3. The Hall–Kier alpha value is -2.41. The molecule has 0 radical (unpaired) electrons. The van der Waals surface area contributed by atoms with Gasteiger partial charge in [-0.2, -0.15) is 0 Å². The van der Waals surface area contributed by atoms with Gasteiger partial charge in [0.15, 0.2) is 5.78 Å². The van der Waals surface area contributed by atoms with Gasteiger partial charge < -0.3 is 14.5 Å². The zero-order chi connectivity index (χ0) is 24.5. The second-order valence-corrected chi connectivity index (χ2v) is 11.7. The summed E-state index contributed by atoms with van der Waals surface area (Å²) >= 11 is 0. The van der Waals surface area contributed by atoms with E-state index in [1.165, 1.54) is 24.2 Å². The van der Waals surface area contributed by atoms with E-state index in [2.05, 4.69) is 5.48 Å². The van der Waals surface area contributed by atoms with Gasteiger partial charge in [0.1, 0.15) is 11.6 Å². The zero-order valence-electron chi connectivity index (χ0n) is 20.8. The molecule has 0 saturated heterocycles. The van der Waals surface area contributed by atoms with Gasteiger partial charge in [0.2, 0.25) is 0 Å². The monoisotopic (exact) mass is 470 g/mol. The number of nitrogens with one attached hydrogen (secondary N) is 1. The van der Waals surface area contributed by atoms with Crippen molar-refractivity contribution in [2.75, 3.05) is 13.6 Å². The molecular formula is C27H38N2O5. The fraction of sp³-hybridized carbons (Fsp3) is 0.667. The Balaban J connectivity index is 1.34. The molecule has 1 aromatic rings. The predicted molar refractivity (Wildman–Crippen MR) is 128 cm³/mol. The van der Waals surface area contributed by atoms with Crippen LogP contribution in [0.15, 0.2) is 30.3 Å². The summed E-state index contributed by atoms with van der Waals surface area (Å²) in [5.74, 6) is 1.65. The molecule has 7 nitrogen and oxygen atoms in total. The molecule has 4 aliphatic carbocycles. The molecule has 34 heavy (non-hydrogen) atoms. The molecule has 1 amide bonds. The van der Waals surface area contributed by atoms with Crippen LogP contribution in [0, 0.1) is 23.2 Å². The number of nitrogens with zero attached hydrogens (tertiary/aromatic N) is 1. The fourth-order valence-corrected chi connectivity index (χ4v) is 6.50. The van der Waals surface area contributed by atoms with E-state index in [0.717, 1.165) is 24.8 Å². The van der Waals surface area contributed by atoms with Gasteiger partial charge in [0.05, 0.1) is 6.54 Å². The number of Topliss-reactive ketones (excluding diaryl/α,β-unsaturated/α-hetero) is 1. The molecule has 186 valence electrons. The molecule has 0 aromatic heterocycles. The van der Waals surface area contributed by atoms with Crippen LogP contribution in [-0.2, 0) is 25.6 Å². The Morgan fingerprint density at radius 2 is 1.59 bits per heavy atom. The molecule has 5 rings (SSSR count). The topological polar surface area (TPSA) is 84.9 Å². The number of esters is 1. The highest BCUT2D eigenvalue weighted by Gasteiger charge is 2.54. The van der Waals surface area contributed by atoms with Crippen molar-refractivity contribution in [3.05, 3.63) is 35.9 Å². The van der Waals surface area contributed by atoms with E-state index in [1.807, 2.05) is 30.3 Å². The van der Waals surface area contributed by atoms with E-state index in [4.69, 9.17) is 9.57 Å². The SMILES string of the molecule is CN(CC(=O)C12CC3CC(CC(C3)C1)C2)C(=O)ONC(Cc1ccccc1)C(=O)OC(C)(C)C. The molecule has 4 saturated carbocycles. The minimum absolute atomic E-state index is 0.0302. The molecule has 4 bridgehead atoms. The van der Waals surface area contributed by atoms with Gasteiger partial charge in [-0.15, -0.1) is 5.48 Å². The summed E-state index contributed by atoms with van der Waals surface area (Å²) < 4.78 is 5.51. The number of ketones is 1. The third kappa shape index (κ3) is 5.80. The lowest BCUT2D eigenvalue weighted by molar-refractivity contribution is -0.160. The lowest BCUT2D eigenvalue weighted by Gasteiger charge is -2.56. The van der Waals surface area contributed by atoms with Crippen molar-refractivity contribution in [2.24, 2.45) is 23.2 Å². The van der Waals surface area contributed by atoms with Crippen LogP contribution in [0.1, 0.15) is 64.9 Å². The van der Waals surface area contributed by atoms with Gasteiger partial charge in [-0.1, -0.05) is 30.3 Å². The number of rotatable bonds is 8. The predicted octanol–water partition coefficient (Wildman–Crippen LogP) is 4.30. The largest absolute Gasteiger partial charge is 0.459 e. The molecule has 0 heterocycles. The molecule has 0 aliphatic heterocycles. The molecule has 0 spiro atoms. The highest BCUT2D eigenvalue weighted by atomic mass is 16.7. The van der Waals surface area contributed by atoms with Gasteiger partial charge in [0, 0.05) is 18.9 Å². The summed E-state index contributed by atoms with van der Waals surface area (Å²) in [6.07, 6.45) is 6.33. The van der Waals surface area contributed by atoms with Crippen LogP contribution in [0.2, 0.25) is 0 Å². The van der Waals surface area contributed by atoms with E-state index in [9.17, 15) is 14.4 Å². The number of carbonyl (C=O) groups is 3. The molecule has 1 atom stereocenters. The number of hydrogen-bond acceptors (Lipinski definition) is 6.